The van der Waals surface area contributed by atoms with Gasteiger partial charge in [0.1, 0.15) is 0 Å². The molecule has 1 aromatic carbocycles. The molecule has 1 N–H and O–H groups in total. The quantitative estimate of drug-likeness (QED) is 0.805. The van der Waals surface area contributed by atoms with E-state index in [-0.39, 0.29) is 17.8 Å². The maximum atomic E-state index is 13.2. The SMILES string of the molecule is Cl.O=C(CC1(CCc2ccccc2)CCCC1)N1CC[C@@H]2CNC[C@@H]2CC1. The predicted octanol–water partition coefficient (Wildman–Crippen LogP) is 4.45. The highest BCUT2D eigenvalue weighted by Crippen LogP contribution is 2.45. The Bertz CT molecular complexity index is 586. The van der Waals surface area contributed by atoms with Gasteiger partial charge in [0.2, 0.25) is 5.91 Å². The summed E-state index contributed by atoms with van der Waals surface area (Å²) in [5, 5.41) is 3.53. The van der Waals surface area contributed by atoms with Crippen LogP contribution in [0.3, 0.4) is 0 Å². The van der Waals surface area contributed by atoms with Gasteiger partial charge in [-0.2, -0.15) is 0 Å². The number of hydrogen-bond acceptors (Lipinski definition) is 2. The van der Waals surface area contributed by atoms with Gasteiger partial charge >= 0.3 is 0 Å². The Kier molecular flexibility index (Phi) is 7.22. The van der Waals surface area contributed by atoms with Gasteiger partial charge in [-0.15, -0.1) is 12.4 Å². The standard InChI is InChI=1S/C23H34N2O.ClH/c26-22(25-14-9-20-17-24-18-21(20)10-15-25)16-23(11-4-5-12-23)13-8-19-6-2-1-3-7-19;/h1-3,6-7,20-21,24H,4-5,8-18H2;1H/t20-,21+;. The number of likely N-dealkylation sites (tertiary alicyclic amines) is 1. The van der Waals surface area contributed by atoms with Crippen LogP contribution in [0.2, 0.25) is 0 Å². The zero-order chi connectivity index (χ0) is 17.8. The topological polar surface area (TPSA) is 32.3 Å². The minimum Gasteiger partial charge on any atom is -0.343 e. The highest BCUT2D eigenvalue weighted by Gasteiger charge is 2.38. The molecule has 4 heteroatoms. The van der Waals surface area contributed by atoms with Crippen molar-refractivity contribution in [3.05, 3.63) is 35.9 Å². The number of nitrogens with zero attached hydrogens (tertiary/aromatic N) is 1. The van der Waals surface area contributed by atoms with Gasteiger partial charge in [-0.25, -0.2) is 0 Å². The van der Waals surface area contributed by atoms with E-state index in [0.29, 0.717) is 5.91 Å². The zero-order valence-electron chi connectivity index (χ0n) is 16.5. The summed E-state index contributed by atoms with van der Waals surface area (Å²) in [4.78, 5) is 15.4. The molecule has 3 nitrogen and oxygen atoms in total. The minimum atomic E-state index is 0. The molecule has 3 aliphatic rings. The first-order valence-corrected chi connectivity index (χ1v) is 10.8. The Morgan fingerprint density at radius 3 is 2.30 bits per heavy atom. The average molecular weight is 391 g/mol. The predicted molar refractivity (Wildman–Crippen MR) is 113 cm³/mol. The molecule has 1 aromatic rings. The number of hydrogen-bond donors (Lipinski definition) is 1. The zero-order valence-corrected chi connectivity index (χ0v) is 17.3. The molecule has 0 aromatic heterocycles. The number of fused-ring (bicyclic) bond motifs is 1. The molecule has 1 amide bonds. The minimum absolute atomic E-state index is 0. The number of aryl methyl sites for hydroxylation is 1. The van der Waals surface area contributed by atoms with Gasteiger partial charge in [0.15, 0.2) is 0 Å². The van der Waals surface area contributed by atoms with Crippen molar-refractivity contribution in [1.29, 1.82) is 0 Å². The van der Waals surface area contributed by atoms with Crippen molar-refractivity contribution in [1.82, 2.24) is 10.2 Å². The van der Waals surface area contributed by atoms with Gasteiger partial charge in [0.05, 0.1) is 0 Å². The van der Waals surface area contributed by atoms with Crippen molar-refractivity contribution in [3.63, 3.8) is 0 Å². The number of carbonyl (C=O) groups excluding carboxylic acids is 1. The van der Waals surface area contributed by atoms with E-state index in [1.54, 1.807) is 0 Å². The smallest absolute Gasteiger partial charge is 0.223 e. The number of amides is 1. The highest BCUT2D eigenvalue weighted by atomic mass is 35.5. The Labute approximate surface area is 170 Å². The second-order valence-corrected chi connectivity index (χ2v) is 9.01. The second kappa shape index (κ2) is 9.43. The largest absolute Gasteiger partial charge is 0.343 e. The first-order chi connectivity index (χ1) is 12.7. The van der Waals surface area contributed by atoms with Crippen molar-refractivity contribution in [3.8, 4) is 0 Å². The van der Waals surface area contributed by atoms with Gasteiger partial charge in [0, 0.05) is 19.5 Å². The first-order valence-electron chi connectivity index (χ1n) is 10.8. The number of rotatable bonds is 5. The van der Waals surface area contributed by atoms with Crippen molar-refractivity contribution >= 4 is 18.3 Å². The summed E-state index contributed by atoms with van der Waals surface area (Å²) in [7, 11) is 0. The monoisotopic (exact) mass is 390 g/mol. The lowest BCUT2D eigenvalue weighted by atomic mass is 9.77. The average Bonchev–Trinajstić information content (AvgIpc) is 3.27. The van der Waals surface area contributed by atoms with E-state index in [1.807, 2.05) is 0 Å². The molecular weight excluding hydrogens is 356 g/mol. The molecule has 3 fully saturated rings. The van der Waals surface area contributed by atoms with Crippen molar-refractivity contribution in [2.45, 2.75) is 57.8 Å². The Hall–Kier alpha value is -1.06. The number of carbonyl (C=O) groups is 1. The van der Waals surface area contributed by atoms with E-state index in [0.717, 1.165) is 50.9 Å². The fourth-order valence-electron chi connectivity index (χ4n) is 5.59. The third-order valence-electron chi connectivity index (χ3n) is 7.35. The maximum Gasteiger partial charge on any atom is 0.223 e. The molecular formula is C23H35ClN2O. The summed E-state index contributed by atoms with van der Waals surface area (Å²) in [5.74, 6) is 2.03. The third kappa shape index (κ3) is 5.06. The lowest BCUT2D eigenvalue weighted by Gasteiger charge is -2.32. The van der Waals surface area contributed by atoms with Crippen LogP contribution < -0.4 is 5.32 Å². The summed E-state index contributed by atoms with van der Waals surface area (Å²) < 4.78 is 0. The molecule has 2 atom stereocenters. The summed E-state index contributed by atoms with van der Waals surface area (Å²) >= 11 is 0. The van der Waals surface area contributed by atoms with Gasteiger partial charge in [0.25, 0.3) is 0 Å². The van der Waals surface area contributed by atoms with Crippen molar-refractivity contribution in [2.24, 2.45) is 17.3 Å². The van der Waals surface area contributed by atoms with E-state index in [9.17, 15) is 4.79 Å². The fourth-order valence-corrected chi connectivity index (χ4v) is 5.59. The van der Waals surface area contributed by atoms with Crippen molar-refractivity contribution in [2.75, 3.05) is 26.2 Å². The van der Waals surface area contributed by atoms with E-state index >= 15 is 0 Å². The molecule has 0 bridgehead atoms. The lowest BCUT2D eigenvalue weighted by molar-refractivity contribution is -0.133. The van der Waals surface area contributed by atoms with Gasteiger partial charge in [-0.05, 0) is 74.4 Å². The van der Waals surface area contributed by atoms with Crippen LogP contribution in [-0.4, -0.2) is 37.0 Å². The van der Waals surface area contributed by atoms with Crippen LogP contribution in [0.1, 0.15) is 56.9 Å². The molecule has 1 saturated carbocycles. The summed E-state index contributed by atoms with van der Waals surface area (Å²) in [6.07, 6.45) is 10.6. The molecule has 150 valence electrons. The lowest BCUT2D eigenvalue weighted by Crippen LogP contribution is -2.36. The summed E-state index contributed by atoms with van der Waals surface area (Å²) in [6, 6.07) is 10.8. The van der Waals surface area contributed by atoms with Gasteiger partial charge < -0.3 is 10.2 Å². The maximum absolute atomic E-state index is 13.2. The van der Waals surface area contributed by atoms with E-state index in [1.165, 1.54) is 50.5 Å². The molecule has 27 heavy (non-hydrogen) atoms. The fraction of sp³-hybridized carbons (Fsp3) is 0.696. The van der Waals surface area contributed by atoms with Crippen LogP contribution >= 0.6 is 12.4 Å². The molecule has 2 heterocycles. The van der Waals surface area contributed by atoms with Crippen LogP contribution in [0.5, 0.6) is 0 Å². The first kappa shape index (κ1) is 20.7. The van der Waals surface area contributed by atoms with Crippen LogP contribution in [-0.2, 0) is 11.2 Å². The number of nitrogens with one attached hydrogen (secondary N) is 1. The molecule has 0 radical (unpaired) electrons. The second-order valence-electron chi connectivity index (χ2n) is 9.01. The molecule has 0 spiro atoms. The summed E-state index contributed by atoms with van der Waals surface area (Å²) in [6.45, 7) is 4.29. The van der Waals surface area contributed by atoms with E-state index in [4.69, 9.17) is 0 Å². The van der Waals surface area contributed by atoms with E-state index < -0.39 is 0 Å². The van der Waals surface area contributed by atoms with Crippen LogP contribution in [0.25, 0.3) is 0 Å². The van der Waals surface area contributed by atoms with Gasteiger partial charge in [-0.3, -0.25) is 4.79 Å². The number of halogens is 1. The van der Waals surface area contributed by atoms with Crippen LogP contribution in [0, 0.1) is 17.3 Å². The number of benzene rings is 1. The molecule has 4 rings (SSSR count). The van der Waals surface area contributed by atoms with Crippen molar-refractivity contribution < 1.29 is 4.79 Å². The Balaban J connectivity index is 0.00000210. The summed E-state index contributed by atoms with van der Waals surface area (Å²) in [5.41, 5.74) is 1.68. The normalized spacial score (nSPS) is 26.9. The van der Waals surface area contributed by atoms with Crippen LogP contribution in [0.15, 0.2) is 30.3 Å². The highest BCUT2D eigenvalue weighted by molar-refractivity contribution is 5.85. The van der Waals surface area contributed by atoms with Gasteiger partial charge in [-0.1, -0.05) is 43.2 Å². The third-order valence-corrected chi connectivity index (χ3v) is 7.35. The Morgan fingerprint density at radius 1 is 1.04 bits per heavy atom. The molecule has 2 aliphatic heterocycles. The van der Waals surface area contributed by atoms with E-state index in [2.05, 4.69) is 40.5 Å². The molecule has 2 saturated heterocycles. The molecule has 0 unspecified atom stereocenters. The molecule has 1 aliphatic carbocycles. The Morgan fingerprint density at radius 2 is 1.67 bits per heavy atom. The van der Waals surface area contributed by atoms with Crippen LogP contribution in [0.4, 0.5) is 0 Å².